The first kappa shape index (κ1) is 22.2. The average Bonchev–Trinajstić information content (AvgIpc) is 2.76. The molecule has 1 amide bonds. The van der Waals surface area contributed by atoms with Gasteiger partial charge < -0.3 is 10.1 Å². The summed E-state index contributed by atoms with van der Waals surface area (Å²) in [5.74, 6) is -0.601. The van der Waals surface area contributed by atoms with Gasteiger partial charge in [-0.15, -0.1) is 0 Å². The van der Waals surface area contributed by atoms with Gasteiger partial charge in [0.2, 0.25) is 0 Å². The fourth-order valence-corrected chi connectivity index (χ4v) is 3.88. The molecule has 0 saturated carbocycles. The molecule has 3 rings (SSSR count). The zero-order valence-electron chi connectivity index (χ0n) is 16.2. The second-order valence-corrected chi connectivity index (χ2v) is 8.24. The normalized spacial score (nSPS) is 11.6. The Balaban J connectivity index is 1.99. The molecule has 0 aliphatic heterocycles. The molecule has 5 nitrogen and oxygen atoms in total. The number of carbonyl (C=O) groups is 2. The molecule has 154 valence electrons. The Morgan fingerprint density at radius 2 is 1.67 bits per heavy atom. The minimum atomic E-state index is -0.371. The summed E-state index contributed by atoms with van der Waals surface area (Å²) in [6.07, 6.45) is 0. The lowest BCUT2D eigenvalue weighted by Gasteiger charge is -2.23. The Labute approximate surface area is 192 Å². The molecule has 0 aliphatic carbocycles. The molecule has 0 fully saturated rings. The second kappa shape index (κ2) is 10.5. The summed E-state index contributed by atoms with van der Waals surface area (Å²) in [5.41, 5.74) is 2.95. The van der Waals surface area contributed by atoms with Crippen molar-refractivity contribution in [3.63, 3.8) is 0 Å². The molecule has 0 aliphatic rings. The van der Waals surface area contributed by atoms with Crippen LogP contribution in [0.2, 0.25) is 0 Å². The van der Waals surface area contributed by atoms with Gasteiger partial charge in [0, 0.05) is 14.6 Å². The maximum atomic E-state index is 12.9. The molecular formula is C23H20Br2N2O3. The van der Waals surface area contributed by atoms with E-state index in [9.17, 15) is 9.59 Å². The molecule has 1 unspecified atom stereocenters. The highest BCUT2D eigenvalue weighted by Gasteiger charge is 2.21. The quantitative estimate of drug-likeness (QED) is 0.405. The van der Waals surface area contributed by atoms with E-state index in [1.807, 2.05) is 66.7 Å². The largest absolute Gasteiger partial charge is 0.468 e. The first-order valence-electron chi connectivity index (χ1n) is 9.20. The van der Waals surface area contributed by atoms with Crippen LogP contribution in [0.5, 0.6) is 0 Å². The van der Waals surface area contributed by atoms with Crippen molar-refractivity contribution in [2.75, 3.05) is 19.0 Å². The van der Waals surface area contributed by atoms with Crippen molar-refractivity contribution in [2.45, 2.75) is 6.04 Å². The van der Waals surface area contributed by atoms with Crippen LogP contribution in [-0.4, -0.2) is 25.5 Å². The van der Waals surface area contributed by atoms with Crippen LogP contribution in [0.1, 0.15) is 27.5 Å². The molecular weight excluding hydrogens is 512 g/mol. The molecule has 30 heavy (non-hydrogen) atoms. The SMILES string of the molecule is COC(=O)CNC(c1ccccc1)c1cc(Br)ccc1NC(=O)c1ccccc1Br. The van der Waals surface area contributed by atoms with E-state index in [-0.39, 0.29) is 24.5 Å². The third kappa shape index (κ3) is 5.56. The van der Waals surface area contributed by atoms with E-state index in [0.717, 1.165) is 15.6 Å². The van der Waals surface area contributed by atoms with Gasteiger partial charge in [-0.2, -0.15) is 0 Å². The standard InChI is InChI=1S/C23H20Br2N2O3/c1-30-21(28)14-26-22(15-7-3-2-4-8-15)18-13-16(24)11-12-20(18)27-23(29)17-9-5-6-10-19(17)25/h2-13,22,26H,14H2,1H3,(H,27,29). The maximum Gasteiger partial charge on any atom is 0.319 e. The molecule has 0 saturated heterocycles. The van der Waals surface area contributed by atoms with Crippen molar-refractivity contribution in [1.82, 2.24) is 5.32 Å². The van der Waals surface area contributed by atoms with Crippen molar-refractivity contribution in [1.29, 1.82) is 0 Å². The van der Waals surface area contributed by atoms with Gasteiger partial charge in [-0.3, -0.25) is 14.9 Å². The summed E-state index contributed by atoms with van der Waals surface area (Å²) in [6.45, 7) is 0.0280. The third-order valence-electron chi connectivity index (χ3n) is 4.50. The van der Waals surface area contributed by atoms with Crippen molar-refractivity contribution in [3.8, 4) is 0 Å². The Morgan fingerprint density at radius 1 is 0.967 bits per heavy atom. The molecule has 0 heterocycles. The van der Waals surface area contributed by atoms with Crippen molar-refractivity contribution >= 4 is 49.4 Å². The minimum absolute atomic E-state index is 0.0280. The Kier molecular flexibility index (Phi) is 7.79. The summed E-state index contributed by atoms with van der Waals surface area (Å²) >= 11 is 6.94. The number of nitrogens with one attached hydrogen (secondary N) is 2. The fraction of sp³-hybridized carbons (Fsp3) is 0.130. The van der Waals surface area contributed by atoms with Crippen molar-refractivity contribution in [2.24, 2.45) is 0 Å². The predicted molar refractivity (Wildman–Crippen MR) is 125 cm³/mol. The molecule has 0 spiro atoms. The highest BCUT2D eigenvalue weighted by Crippen LogP contribution is 2.32. The van der Waals surface area contributed by atoms with E-state index in [4.69, 9.17) is 4.74 Å². The Bertz CT molecular complexity index is 1040. The highest BCUT2D eigenvalue weighted by atomic mass is 79.9. The third-order valence-corrected chi connectivity index (χ3v) is 5.69. The number of halogens is 2. The van der Waals surface area contributed by atoms with Crippen LogP contribution in [0.4, 0.5) is 5.69 Å². The molecule has 3 aromatic carbocycles. The molecule has 2 N–H and O–H groups in total. The molecule has 0 radical (unpaired) electrons. The van der Waals surface area contributed by atoms with E-state index in [1.54, 1.807) is 6.07 Å². The number of hydrogen-bond acceptors (Lipinski definition) is 4. The first-order chi connectivity index (χ1) is 14.5. The molecule has 3 aromatic rings. The maximum absolute atomic E-state index is 12.9. The molecule has 1 atom stereocenters. The van der Waals surface area contributed by atoms with Gasteiger partial charge in [0.05, 0.1) is 25.3 Å². The summed E-state index contributed by atoms with van der Waals surface area (Å²) in [4.78, 5) is 24.7. The van der Waals surface area contributed by atoms with Crippen LogP contribution in [0.15, 0.2) is 81.7 Å². The van der Waals surface area contributed by atoms with Crippen LogP contribution in [-0.2, 0) is 9.53 Å². The van der Waals surface area contributed by atoms with Crippen LogP contribution in [0.25, 0.3) is 0 Å². The number of benzene rings is 3. The number of rotatable bonds is 7. The number of amides is 1. The van der Waals surface area contributed by atoms with Gasteiger partial charge in [0.25, 0.3) is 5.91 Å². The Morgan fingerprint density at radius 3 is 2.37 bits per heavy atom. The monoisotopic (exact) mass is 530 g/mol. The van der Waals surface area contributed by atoms with Crippen molar-refractivity contribution < 1.29 is 14.3 Å². The first-order valence-corrected chi connectivity index (χ1v) is 10.8. The fourth-order valence-electron chi connectivity index (χ4n) is 3.03. The summed E-state index contributed by atoms with van der Waals surface area (Å²) in [6, 6.07) is 22.3. The van der Waals surface area contributed by atoms with E-state index in [2.05, 4.69) is 42.5 Å². The summed E-state index contributed by atoms with van der Waals surface area (Å²) < 4.78 is 6.35. The van der Waals surface area contributed by atoms with Crippen LogP contribution < -0.4 is 10.6 Å². The lowest BCUT2D eigenvalue weighted by molar-refractivity contribution is -0.139. The summed E-state index contributed by atoms with van der Waals surface area (Å²) in [5, 5.41) is 6.24. The smallest absolute Gasteiger partial charge is 0.319 e. The lowest BCUT2D eigenvalue weighted by Crippen LogP contribution is -2.30. The van der Waals surface area contributed by atoms with Gasteiger partial charge in [0.1, 0.15) is 0 Å². The highest BCUT2D eigenvalue weighted by molar-refractivity contribution is 9.10. The van der Waals surface area contributed by atoms with Crippen LogP contribution in [0, 0.1) is 0 Å². The molecule has 0 bridgehead atoms. The minimum Gasteiger partial charge on any atom is -0.468 e. The Hall–Kier alpha value is -2.48. The number of esters is 1. The van der Waals surface area contributed by atoms with E-state index in [0.29, 0.717) is 15.7 Å². The number of methoxy groups -OCH3 is 1. The van der Waals surface area contributed by atoms with E-state index in [1.165, 1.54) is 7.11 Å². The van der Waals surface area contributed by atoms with Gasteiger partial charge in [-0.25, -0.2) is 0 Å². The second-order valence-electron chi connectivity index (χ2n) is 6.47. The number of ether oxygens (including phenoxy) is 1. The number of carbonyl (C=O) groups excluding carboxylic acids is 2. The average molecular weight is 532 g/mol. The lowest BCUT2D eigenvalue weighted by atomic mass is 9.96. The number of anilines is 1. The molecule has 0 aromatic heterocycles. The van der Waals surface area contributed by atoms with Gasteiger partial charge in [0.15, 0.2) is 0 Å². The van der Waals surface area contributed by atoms with Gasteiger partial charge in [-0.05, 0) is 57.4 Å². The van der Waals surface area contributed by atoms with Gasteiger partial charge in [-0.1, -0.05) is 58.4 Å². The zero-order valence-corrected chi connectivity index (χ0v) is 19.4. The van der Waals surface area contributed by atoms with E-state index >= 15 is 0 Å². The number of hydrogen-bond donors (Lipinski definition) is 2. The summed E-state index contributed by atoms with van der Waals surface area (Å²) in [7, 11) is 1.35. The van der Waals surface area contributed by atoms with Crippen LogP contribution in [0.3, 0.4) is 0 Å². The van der Waals surface area contributed by atoms with Gasteiger partial charge >= 0.3 is 5.97 Å². The van der Waals surface area contributed by atoms with Crippen molar-refractivity contribution in [3.05, 3.63) is 98.4 Å². The van der Waals surface area contributed by atoms with E-state index < -0.39 is 0 Å². The predicted octanol–water partition coefficient (Wildman–Crippen LogP) is 5.32. The topological polar surface area (TPSA) is 67.4 Å². The zero-order chi connectivity index (χ0) is 21.5. The van der Waals surface area contributed by atoms with Crippen LogP contribution >= 0.6 is 31.9 Å². The molecule has 7 heteroatoms.